The molecule has 2 aromatic rings. The van der Waals surface area contributed by atoms with Gasteiger partial charge in [-0.3, -0.25) is 9.78 Å². The maximum absolute atomic E-state index is 13.0. The Labute approximate surface area is 259 Å². The van der Waals surface area contributed by atoms with Crippen LogP contribution in [0.3, 0.4) is 0 Å². The van der Waals surface area contributed by atoms with E-state index < -0.39 is 18.2 Å². The van der Waals surface area contributed by atoms with E-state index in [1.165, 1.54) is 99.0 Å². The van der Waals surface area contributed by atoms with Gasteiger partial charge in [0.05, 0.1) is 42.7 Å². The molecule has 0 radical (unpaired) electrons. The Hall–Kier alpha value is -3.90. The summed E-state index contributed by atoms with van der Waals surface area (Å²) in [5, 5.41) is 0. The predicted molar refractivity (Wildman–Crippen MR) is 161 cm³/mol. The summed E-state index contributed by atoms with van der Waals surface area (Å²) >= 11 is 0. The molecule has 0 unspecified atom stereocenters. The summed E-state index contributed by atoms with van der Waals surface area (Å²) in [5.74, 6) is -0.397. The molecule has 0 saturated carbocycles. The molecule has 246 valence electrons. The molecule has 0 aliphatic carbocycles. The maximum Gasteiger partial charge on any atom is 0.377 e. The second kappa shape index (κ2) is 20.1. The fourth-order valence-corrected chi connectivity index (χ4v) is 4.54. The lowest BCUT2D eigenvalue weighted by atomic mass is 10.1. The monoisotopic (exact) mass is 622 g/mol. The highest BCUT2D eigenvalue weighted by molar-refractivity contribution is 5.94. The van der Waals surface area contributed by atoms with E-state index >= 15 is 0 Å². The van der Waals surface area contributed by atoms with Gasteiger partial charge < -0.3 is 28.4 Å². The van der Waals surface area contributed by atoms with Crippen LogP contribution in [0.2, 0.25) is 0 Å². The van der Waals surface area contributed by atoms with Gasteiger partial charge >= 0.3 is 11.9 Å². The molecule has 0 N–H and O–H groups in total. The molecule has 0 heterocycles. The van der Waals surface area contributed by atoms with E-state index in [2.05, 4.69) is 6.92 Å². The maximum atomic E-state index is 13.0. The molecule has 0 fully saturated rings. The molecule has 0 aliphatic heterocycles. The minimum atomic E-state index is -1.22. The molecule has 0 spiro atoms. The molecule has 0 aliphatic rings. The highest BCUT2D eigenvalue weighted by Crippen LogP contribution is 2.41. The van der Waals surface area contributed by atoms with E-state index in [0.717, 1.165) is 19.3 Å². The van der Waals surface area contributed by atoms with Gasteiger partial charge in [0.15, 0.2) is 23.0 Å². The molecule has 44 heavy (non-hydrogen) atoms. The van der Waals surface area contributed by atoms with Crippen molar-refractivity contribution >= 4 is 11.9 Å². The van der Waals surface area contributed by atoms with Crippen LogP contribution in [0, 0.1) is 0 Å². The van der Waals surface area contributed by atoms with Crippen molar-refractivity contribution in [3.05, 3.63) is 35.4 Å². The molecule has 12 nitrogen and oxygen atoms in total. The van der Waals surface area contributed by atoms with Crippen LogP contribution in [0.4, 0.5) is 0 Å². The van der Waals surface area contributed by atoms with Gasteiger partial charge in [-0.15, -0.1) is 9.78 Å². The van der Waals surface area contributed by atoms with Gasteiger partial charge in [0.2, 0.25) is 17.8 Å². The zero-order valence-electron chi connectivity index (χ0n) is 26.9. The number of unbranched alkanes of at least 4 members (excludes halogenated alkanes) is 8. The summed E-state index contributed by atoms with van der Waals surface area (Å²) in [7, 11) is 8.53. The largest absolute Gasteiger partial charge is 0.493 e. The molecule has 12 heteroatoms. The normalized spacial score (nSPS) is 10.7. The number of carbonyl (C=O) groups excluding carboxylic acids is 2. The number of carbonyl (C=O) groups is 2. The quantitative estimate of drug-likeness (QED) is 0.0589. The standard InChI is InChI=1S/C32H46O12/c1-8-9-10-11-12-13-14-15-16-17-26(41-43-31(33)22-18-20-24(35-2)29(39-6)27(22)37-4)42-44-32(34)23-19-21-25(36-3)30(40-7)28(23)38-5/h18-21,26H,8-17H2,1-7H3. The predicted octanol–water partition coefficient (Wildman–Crippen LogP) is 6.86. The van der Waals surface area contributed by atoms with E-state index in [0.29, 0.717) is 17.9 Å². The lowest BCUT2D eigenvalue weighted by Crippen LogP contribution is -2.22. The number of hydrogen-bond donors (Lipinski definition) is 0. The van der Waals surface area contributed by atoms with Crippen LogP contribution in [0.25, 0.3) is 0 Å². The average molecular weight is 623 g/mol. The van der Waals surface area contributed by atoms with Crippen molar-refractivity contribution in [2.45, 2.75) is 77.4 Å². The Bertz CT molecular complexity index is 1090. The average Bonchev–Trinajstić information content (AvgIpc) is 3.06. The Morgan fingerprint density at radius 2 is 0.909 bits per heavy atom. The van der Waals surface area contributed by atoms with Crippen LogP contribution in [0.15, 0.2) is 24.3 Å². The van der Waals surface area contributed by atoms with Gasteiger partial charge in [-0.05, 0) is 30.7 Å². The van der Waals surface area contributed by atoms with Gasteiger partial charge in [-0.25, -0.2) is 9.59 Å². The summed E-state index contributed by atoms with van der Waals surface area (Å²) in [5.41, 5.74) is 0.0538. The van der Waals surface area contributed by atoms with Gasteiger partial charge in [-0.1, -0.05) is 58.3 Å². The molecular weight excluding hydrogens is 576 g/mol. The molecule has 0 aromatic heterocycles. The molecule has 0 bridgehead atoms. The van der Waals surface area contributed by atoms with Crippen LogP contribution in [-0.2, 0) is 19.6 Å². The van der Waals surface area contributed by atoms with Gasteiger partial charge in [0.1, 0.15) is 11.1 Å². The summed E-state index contributed by atoms with van der Waals surface area (Å²) < 4.78 is 31.9. The first-order valence-electron chi connectivity index (χ1n) is 14.7. The minimum absolute atomic E-state index is 0.0269. The van der Waals surface area contributed by atoms with Crippen molar-refractivity contribution < 1.29 is 57.6 Å². The number of methoxy groups -OCH3 is 6. The Kier molecular flexibility index (Phi) is 16.6. The van der Waals surface area contributed by atoms with Crippen molar-refractivity contribution in [3.63, 3.8) is 0 Å². The number of ether oxygens (including phenoxy) is 6. The number of rotatable bonds is 22. The van der Waals surface area contributed by atoms with Crippen molar-refractivity contribution in [2.75, 3.05) is 42.7 Å². The van der Waals surface area contributed by atoms with Crippen LogP contribution < -0.4 is 28.4 Å². The van der Waals surface area contributed by atoms with Crippen molar-refractivity contribution in [1.82, 2.24) is 0 Å². The van der Waals surface area contributed by atoms with Gasteiger partial charge in [-0.2, -0.15) is 0 Å². The first-order valence-corrected chi connectivity index (χ1v) is 14.7. The van der Waals surface area contributed by atoms with Gasteiger partial charge in [0.25, 0.3) is 0 Å². The zero-order chi connectivity index (χ0) is 32.3. The van der Waals surface area contributed by atoms with Crippen LogP contribution in [-0.4, -0.2) is 60.9 Å². The molecule has 2 rings (SSSR count). The highest BCUT2D eigenvalue weighted by Gasteiger charge is 2.27. The zero-order valence-corrected chi connectivity index (χ0v) is 26.9. The third kappa shape index (κ3) is 10.4. The van der Waals surface area contributed by atoms with E-state index in [1.54, 1.807) is 0 Å². The molecule has 0 atom stereocenters. The highest BCUT2D eigenvalue weighted by atomic mass is 17.3. The van der Waals surface area contributed by atoms with E-state index in [9.17, 15) is 9.59 Å². The van der Waals surface area contributed by atoms with Crippen molar-refractivity contribution in [3.8, 4) is 34.5 Å². The second-order valence-corrected chi connectivity index (χ2v) is 9.74. The van der Waals surface area contributed by atoms with Crippen LogP contribution in [0.1, 0.15) is 91.8 Å². The smallest absolute Gasteiger partial charge is 0.377 e. The summed E-state index contributed by atoms with van der Waals surface area (Å²) in [6.07, 6.45) is 8.94. The third-order valence-corrected chi connectivity index (χ3v) is 6.85. The summed E-state index contributed by atoms with van der Waals surface area (Å²) in [6.45, 7) is 2.20. The summed E-state index contributed by atoms with van der Waals surface area (Å²) in [6, 6.07) is 5.97. The van der Waals surface area contributed by atoms with E-state index in [4.69, 9.17) is 48.0 Å². The molecule has 2 aromatic carbocycles. The Balaban J connectivity index is 2.10. The lowest BCUT2D eigenvalue weighted by molar-refractivity contribution is -0.421. The second-order valence-electron chi connectivity index (χ2n) is 9.74. The molecular formula is C32H46O12. The van der Waals surface area contributed by atoms with Crippen molar-refractivity contribution in [2.24, 2.45) is 0 Å². The fraction of sp³-hybridized carbons (Fsp3) is 0.562. The van der Waals surface area contributed by atoms with Crippen molar-refractivity contribution in [1.29, 1.82) is 0 Å². The van der Waals surface area contributed by atoms with Gasteiger partial charge in [0, 0.05) is 6.42 Å². The minimum Gasteiger partial charge on any atom is -0.493 e. The van der Waals surface area contributed by atoms with E-state index in [-0.39, 0.29) is 40.5 Å². The number of hydrogen-bond acceptors (Lipinski definition) is 12. The first kappa shape index (κ1) is 36.3. The first-order chi connectivity index (χ1) is 21.4. The third-order valence-electron chi connectivity index (χ3n) is 6.85. The van der Waals surface area contributed by atoms with Crippen LogP contribution >= 0.6 is 0 Å². The number of benzene rings is 2. The summed E-state index contributed by atoms with van der Waals surface area (Å²) in [4.78, 5) is 46.8. The molecule has 0 saturated heterocycles. The Morgan fingerprint density at radius 3 is 1.27 bits per heavy atom. The van der Waals surface area contributed by atoms with E-state index in [1.807, 2.05) is 0 Å². The lowest BCUT2D eigenvalue weighted by Gasteiger charge is -2.18. The Morgan fingerprint density at radius 1 is 0.523 bits per heavy atom. The fourth-order valence-electron chi connectivity index (χ4n) is 4.54. The molecule has 0 amide bonds. The topological polar surface area (TPSA) is 126 Å². The SMILES string of the molecule is CCCCCCCCCCCC(OOC(=O)c1ccc(OC)c(OC)c1OC)OOC(=O)c1ccc(OC)c(OC)c1OC. The van der Waals surface area contributed by atoms with Crippen LogP contribution in [0.5, 0.6) is 34.5 Å².